The van der Waals surface area contributed by atoms with E-state index in [-0.39, 0.29) is 5.78 Å². The number of hydrogen-bond acceptors (Lipinski definition) is 3. The Labute approximate surface area is 92.1 Å². The molecule has 16 heavy (non-hydrogen) atoms. The maximum atomic E-state index is 11.2. The van der Waals surface area contributed by atoms with Gasteiger partial charge in [-0.1, -0.05) is 12.1 Å². The molecule has 0 aromatic heterocycles. The molecular weight excluding hydrogens is 202 g/mol. The van der Waals surface area contributed by atoms with Gasteiger partial charge in [-0.25, -0.2) is 4.99 Å². The van der Waals surface area contributed by atoms with E-state index in [1.54, 1.807) is 19.3 Å². The van der Waals surface area contributed by atoms with E-state index >= 15 is 0 Å². The first-order valence-corrected chi connectivity index (χ1v) is 5.00. The van der Waals surface area contributed by atoms with Crippen molar-refractivity contribution in [3.63, 3.8) is 0 Å². The van der Waals surface area contributed by atoms with E-state index in [1.165, 1.54) is 0 Å². The largest absolute Gasteiger partial charge is 0.494 e. The lowest BCUT2D eigenvalue weighted by Gasteiger charge is -2.01. The zero-order valence-corrected chi connectivity index (χ0v) is 8.73. The van der Waals surface area contributed by atoms with Crippen LogP contribution in [0, 0.1) is 0 Å². The molecular formula is C13H9NO2. The molecule has 0 amide bonds. The van der Waals surface area contributed by atoms with Gasteiger partial charge in [0.2, 0.25) is 0 Å². The number of carbonyl (C=O) groups is 1. The van der Waals surface area contributed by atoms with Crippen molar-refractivity contribution in [1.82, 2.24) is 0 Å². The van der Waals surface area contributed by atoms with Gasteiger partial charge in [-0.2, -0.15) is 0 Å². The Morgan fingerprint density at radius 1 is 1.25 bits per heavy atom. The minimum absolute atomic E-state index is 0.0192. The third-order valence-corrected chi connectivity index (χ3v) is 2.71. The fraction of sp³-hybridized carbons (Fsp3) is 0.0769. The lowest BCUT2D eigenvalue weighted by Crippen LogP contribution is -2.24. The normalized spacial score (nSPS) is 16.4. The van der Waals surface area contributed by atoms with Gasteiger partial charge in [-0.05, 0) is 18.2 Å². The summed E-state index contributed by atoms with van der Waals surface area (Å²) in [6.07, 6.45) is 4.92. The Morgan fingerprint density at radius 3 is 2.94 bits per heavy atom. The van der Waals surface area contributed by atoms with Gasteiger partial charge >= 0.3 is 0 Å². The maximum absolute atomic E-state index is 11.2. The van der Waals surface area contributed by atoms with Crippen molar-refractivity contribution in [2.45, 2.75) is 0 Å². The number of ether oxygens (including phenoxy) is 1. The van der Waals surface area contributed by atoms with Gasteiger partial charge in [0.15, 0.2) is 5.78 Å². The molecule has 3 nitrogen and oxygen atoms in total. The summed E-state index contributed by atoms with van der Waals surface area (Å²) in [4.78, 5) is 15.7. The summed E-state index contributed by atoms with van der Waals surface area (Å²) in [5.74, 6) is 0.718. The number of carbonyl (C=O) groups excluding carboxylic acids is 1. The predicted molar refractivity (Wildman–Crippen MR) is 59.4 cm³/mol. The third-order valence-electron chi connectivity index (χ3n) is 2.71. The van der Waals surface area contributed by atoms with Crippen molar-refractivity contribution in [2.24, 2.45) is 4.99 Å². The van der Waals surface area contributed by atoms with Crippen LogP contribution in [0.5, 0.6) is 5.75 Å². The van der Waals surface area contributed by atoms with Crippen LogP contribution in [0.15, 0.2) is 47.1 Å². The summed E-state index contributed by atoms with van der Waals surface area (Å²) < 4.78 is 5.25. The molecule has 0 atom stereocenters. The molecule has 78 valence electrons. The molecule has 1 heterocycles. The van der Waals surface area contributed by atoms with Gasteiger partial charge in [-0.3, -0.25) is 4.79 Å². The smallest absolute Gasteiger partial charge is 0.180 e. The second kappa shape index (κ2) is 3.17. The standard InChI is InChI=1S/C13H9NO2/c1-16-12-4-2-3-10-9-6-5-8(15)7-11(9)14-13(10)12/h2-7H,1H3. The van der Waals surface area contributed by atoms with Crippen LogP contribution in [0.2, 0.25) is 0 Å². The highest BCUT2D eigenvalue weighted by molar-refractivity contribution is 6.06. The zero-order chi connectivity index (χ0) is 11.1. The fourth-order valence-electron chi connectivity index (χ4n) is 1.97. The summed E-state index contributed by atoms with van der Waals surface area (Å²) in [6.45, 7) is 0. The van der Waals surface area contributed by atoms with E-state index < -0.39 is 0 Å². The average Bonchev–Trinajstić information content (AvgIpc) is 2.65. The molecule has 0 saturated carbocycles. The second-order valence-corrected chi connectivity index (χ2v) is 3.65. The molecule has 3 rings (SSSR count). The Hall–Kier alpha value is -2.16. The van der Waals surface area contributed by atoms with Crippen LogP contribution < -0.4 is 15.3 Å². The van der Waals surface area contributed by atoms with Crippen molar-refractivity contribution < 1.29 is 9.53 Å². The number of para-hydroxylation sites is 1. The SMILES string of the molecule is COc1cccc2c1=NC1=CC(=O)C=CC=21. The third kappa shape index (κ3) is 1.15. The van der Waals surface area contributed by atoms with Crippen LogP contribution in [-0.2, 0) is 4.79 Å². The highest BCUT2D eigenvalue weighted by Gasteiger charge is 2.16. The number of ketones is 1. The molecule has 0 saturated heterocycles. The number of methoxy groups -OCH3 is 1. The summed E-state index contributed by atoms with van der Waals surface area (Å²) in [5.41, 5.74) is 1.72. The molecule has 0 unspecified atom stereocenters. The van der Waals surface area contributed by atoms with E-state index in [1.807, 2.05) is 24.3 Å². The predicted octanol–water partition coefficient (Wildman–Crippen LogP) is 0.502. The average molecular weight is 211 g/mol. The number of allylic oxidation sites excluding steroid dienone is 3. The molecule has 0 N–H and O–H groups in total. The zero-order valence-electron chi connectivity index (χ0n) is 8.73. The minimum atomic E-state index is -0.0192. The van der Waals surface area contributed by atoms with Crippen molar-refractivity contribution in [1.29, 1.82) is 0 Å². The summed E-state index contributed by atoms with van der Waals surface area (Å²) in [6, 6.07) is 5.78. The molecule has 0 fully saturated rings. The first kappa shape index (κ1) is 9.09. The van der Waals surface area contributed by atoms with Gasteiger partial charge in [-0.15, -0.1) is 0 Å². The molecule has 1 aliphatic heterocycles. The van der Waals surface area contributed by atoms with Crippen molar-refractivity contribution in [3.05, 3.63) is 52.7 Å². The Morgan fingerprint density at radius 2 is 2.12 bits per heavy atom. The quantitative estimate of drug-likeness (QED) is 0.678. The Bertz CT molecular complexity index is 666. The van der Waals surface area contributed by atoms with Crippen molar-refractivity contribution in [2.75, 3.05) is 7.11 Å². The summed E-state index contributed by atoms with van der Waals surface area (Å²) in [5, 5.41) is 1.83. The van der Waals surface area contributed by atoms with E-state index in [0.29, 0.717) is 0 Å². The summed E-state index contributed by atoms with van der Waals surface area (Å²) in [7, 11) is 1.62. The van der Waals surface area contributed by atoms with Crippen LogP contribution in [0.3, 0.4) is 0 Å². The lowest BCUT2D eigenvalue weighted by molar-refractivity contribution is -0.110. The second-order valence-electron chi connectivity index (χ2n) is 3.65. The van der Waals surface area contributed by atoms with Gasteiger partial charge in [0.05, 0.1) is 12.8 Å². The first-order valence-electron chi connectivity index (χ1n) is 5.00. The topological polar surface area (TPSA) is 38.7 Å². The molecule has 1 aliphatic carbocycles. The maximum Gasteiger partial charge on any atom is 0.180 e. The van der Waals surface area contributed by atoms with E-state index in [9.17, 15) is 4.79 Å². The van der Waals surface area contributed by atoms with E-state index in [2.05, 4.69) is 4.99 Å². The van der Waals surface area contributed by atoms with Crippen LogP contribution in [0.25, 0.3) is 5.57 Å². The summed E-state index contributed by atoms with van der Waals surface area (Å²) >= 11 is 0. The molecule has 3 heteroatoms. The molecule has 0 spiro atoms. The van der Waals surface area contributed by atoms with Crippen LogP contribution in [-0.4, -0.2) is 12.9 Å². The van der Waals surface area contributed by atoms with Gasteiger partial charge in [0.25, 0.3) is 0 Å². The number of benzene rings is 1. The molecule has 0 bridgehead atoms. The molecule has 1 aromatic carbocycles. The number of fused-ring (bicyclic) bond motifs is 2. The molecule has 0 radical (unpaired) electrons. The van der Waals surface area contributed by atoms with Gasteiger partial charge in [0.1, 0.15) is 11.1 Å². The van der Waals surface area contributed by atoms with Gasteiger partial charge in [0, 0.05) is 16.9 Å². The fourth-order valence-corrected chi connectivity index (χ4v) is 1.97. The van der Waals surface area contributed by atoms with Crippen LogP contribution >= 0.6 is 0 Å². The molecule has 1 aromatic rings. The minimum Gasteiger partial charge on any atom is -0.494 e. The highest BCUT2D eigenvalue weighted by Crippen LogP contribution is 2.20. The van der Waals surface area contributed by atoms with Gasteiger partial charge < -0.3 is 4.74 Å². The first-order chi connectivity index (χ1) is 7.79. The highest BCUT2D eigenvalue weighted by atomic mass is 16.5. The van der Waals surface area contributed by atoms with E-state index in [4.69, 9.17) is 4.74 Å². The Balaban J connectivity index is 2.42. The monoisotopic (exact) mass is 211 g/mol. The van der Waals surface area contributed by atoms with Crippen LogP contribution in [0.1, 0.15) is 0 Å². The lowest BCUT2D eigenvalue weighted by atomic mass is 10.0. The van der Waals surface area contributed by atoms with Crippen molar-refractivity contribution in [3.8, 4) is 5.75 Å². The number of nitrogens with zero attached hydrogens (tertiary/aromatic N) is 1. The van der Waals surface area contributed by atoms with E-state index in [0.717, 1.165) is 27.6 Å². The van der Waals surface area contributed by atoms with Crippen molar-refractivity contribution >= 4 is 11.4 Å². The molecule has 2 aliphatic rings. The van der Waals surface area contributed by atoms with Crippen LogP contribution in [0.4, 0.5) is 0 Å². The number of rotatable bonds is 1. The number of hydrogen-bond donors (Lipinski definition) is 0. The Kier molecular flexibility index (Phi) is 1.80.